The normalized spacial score (nSPS) is 10.5. The first-order chi connectivity index (χ1) is 9.22. The van der Waals surface area contributed by atoms with Gasteiger partial charge in [-0.15, -0.1) is 0 Å². The summed E-state index contributed by atoms with van der Waals surface area (Å²) >= 11 is 0. The lowest BCUT2D eigenvalue weighted by atomic mass is 10.1. The van der Waals surface area contributed by atoms with E-state index in [1.54, 1.807) is 6.92 Å². The lowest BCUT2D eigenvalue weighted by Gasteiger charge is -2.15. The minimum Gasteiger partial charge on any atom is -0.449 e. The van der Waals surface area contributed by atoms with Gasteiger partial charge in [0.1, 0.15) is 0 Å². The molecular formula is C15H32N2O2. The molecule has 0 spiro atoms. The lowest BCUT2D eigenvalue weighted by Crippen LogP contribution is -2.38. The van der Waals surface area contributed by atoms with Crippen LogP contribution in [0.5, 0.6) is 0 Å². The van der Waals surface area contributed by atoms with Crippen LogP contribution in [0.1, 0.15) is 78.1 Å². The van der Waals surface area contributed by atoms with Gasteiger partial charge in [0.15, 0.2) is 0 Å². The molecule has 0 aliphatic heterocycles. The van der Waals surface area contributed by atoms with E-state index in [-0.39, 0.29) is 0 Å². The highest BCUT2D eigenvalue weighted by Gasteiger charge is 2.08. The first-order valence-corrected chi connectivity index (χ1v) is 7.91. The minimum absolute atomic E-state index is 0.380. The van der Waals surface area contributed by atoms with E-state index in [1.165, 1.54) is 56.4 Å². The van der Waals surface area contributed by atoms with Crippen molar-refractivity contribution in [2.75, 3.05) is 13.2 Å². The summed E-state index contributed by atoms with van der Waals surface area (Å²) in [5, 5.41) is 1.17. The second-order valence-corrected chi connectivity index (χ2v) is 5.07. The monoisotopic (exact) mass is 272 g/mol. The molecule has 0 aromatic carbocycles. The van der Waals surface area contributed by atoms with Crippen LogP contribution in [-0.4, -0.2) is 24.3 Å². The van der Waals surface area contributed by atoms with Crippen molar-refractivity contribution >= 4 is 6.09 Å². The van der Waals surface area contributed by atoms with Crippen LogP contribution in [0.4, 0.5) is 4.79 Å². The predicted octanol–water partition coefficient (Wildman–Crippen LogP) is 4.24. The number of carbonyl (C=O) groups is 1. The van der Waals surface area contributed by atoms with Crippen LogP contribution < -0.4 is 5.84 Å². The molecule has 0 rings (SSSR count). The average Bonchev–Trinajstić information content (AvgIpc) is 2.41. The molecule has 0 aliphatic rings. The molecule has 0 atom stereocenters. The Morgan fingerprint density at radius 3 is 1.84 bits per heavy atom. The first kappa shape index (κ1) is 18.2. The summed E-state index contributed by atoms with van der Waals surface area (Å²) in [7, 11) is 0. The molecule has 1 amide bonds. The molecule has 0 aromatic heterocycles. The number of hydrogen-bond acceptors (Lipinski definition) is 3. The van der Waals surface area contributed by atoms with Gasteiger partial charge in [0, 0.05) is 6.54 Å². The first-order valence-electron chi connectivity index (χ1n) is 7.91. The molecule has 0 unspecified atom stereocenters. The Hall–Kier alpha value is -0.770. The van der Waals surface area contributed by atoms with Crippen LogP contribution in [0.3, 0.4) is 0 Å². The summed E-state index contributed by atoms with van der Waals surface area (Å²) in [4.78, 5) is 11.2. The standard InChI is InChI=1S/C15H32N2O2/c1-3-5-6-7-8-9-10-11-12-13-14-17(16)15(18)19-4-2/h3-14,16H2,1-2H3. The smallest absolute Gasteiger partial charge is 0.424 e. The topological polar surface area (TPSA) is 55.6 Å². The van der Waals surface area contributed by atoms with Crippen molar-refractivity contribution in [3.63, 3.8) is 0 Å². The van der Waals surface area contributed by atoms with Crippen LogP contribution in [0, 0.1) is 0 Å². The summed E-state index contributed by atoms with van der Waals surface area (Å²) in [6, 6.07) is 0. The Morgan fingerprint density at radius 2 is 1.37 bits per heavy atom. The van der Waals surface area contributed by atoms with Crippen LogP contribution >= 0.6 is 0 Å². The van der Waals surface area contributed by atoms with E-state index in [2.05, 4.69) is 6.92 Å². The third-order valence-corrected chi connectivity index (χ3v) is 3.25. The molecule has 0 heterocycles. The maximum Gasteiger partial charge on any atom is 0.424 e. The fraction of sp³-hybridized carbons (Fsp3) is 0.933. The van der Waals surface area contributed by atoms with Crippen LogP contribution in [0.15, 0.2) is 0 Å². The maximum atomic E-state index is 11.2. The highest BCUT2D eigenvalue weighted by Crippen LogP contribution is 2.10. The van der Waals surface area contributed by atoms with Gasteiger partial charge in [-0.05, 0) is 13.3 Å². The molecule has 0 radical (unpaired) electrons. The van der Waals surface area contributed by atoms with Crippen molar-refractivity contribution in [1.29, 1.82) is 0 Å². The third kappa shape index (κ3) is 12.0. The van der Waals surface area contributed by atoms with Crippen molar-refractivity contribution in [1.82, 2.24) is 5.01 Å². The summed E-state index contributed by atoms with van der Waals surface area (Å²) < 4.78 is 4.81. The molecule has 0 saturated heterocycles. The molecule has 0 aliphatic carbocycles. The van der Waals surface area contributed by atoms with E-state index in [0.717, 1.165) is 12.8 Å². The van der Waals surface area contributed by atoms with Gasteiger partial charge in [0.2, 0.25) is 0 Å². The SMILES string of the molecule is CCCCCCCCCCCCN(N)C(=O)OCC. The zero-order valence-electron chi connectivity index (χ0n) is 12.8. The Morgan fingerprint density at radius 1 is 0.895 bits per heavy atom. The summed E-state index contributed by atoms with van der Waals surface area (Å²) in [6.07, 6.45) is 12.4. The largest absolute Gasteiger partial charge is 0.449 e. The molecule has 0 fully saturated rings. The Labute approximate surface area is 118 Å². The Kier molecular flexibility index (Phi) is 13.1. The molecular weight excluding hydrogens is 240 g/mol. The minimum atomic E-state index is -0.418. The van der Waals surface area contributed by atoms with Gasteiger partial charge in [0.25, 0.3) is 0 Å². The number of nitrogens with two attached hydrogens (primary N) is 1. The van der Waals surface area contributed by atoms with Crippen molar-refractivity contribution in [3.05, 3.63) is 0 Å². The van der Waals surface area contributed by atoms with Gasteiger partial charge in [-0.1, -0.05) is 64.7 Å². The fourth-order valence-corrected chi connectivity index (χ4v) is 2.07. The zero-order chi connectivity index (χ0) is 14.3. The Balaban J connectivity index is 3.20. The number of carbonyl (C=O) groups excluding carboxylic acids is 1. The lowest BCUT2D eigenvalue weighted by molar-refractivity contribution is 0.106. The number of nitrogens with zero attached hydrogens (tertiary/aromatic N) is 1. The summed E-state index contributed by atoms with van der Waals surface area (Å²) in [5.41, 5.74) is 0. The number of hydrazine groups is 1. The highest BCUT2D eigenvalue weighted by atomic mass is 16.6. The number of amides is 1. The molecule has 0 aromatic rings. The molecule has 2 N–H and O–H groups in total. The van der Waals surface area contributed by atoms with E-state index in [1.807, 2.05) is 0 Å². The second kappa shape index (κ2) is 13.7. The van der Waals surface area contributed by atoms with Gasteiger partial charge in [0.05, 0.1) is 6.61 Å². The number of rotatable bonds is 12. The summed E-state index contributed by atoms with van der Waals surface area (Å²) in [5.74, 6) is 5.57. The van der Waals surface area contributed by atoms with Crippen LogP contribution in [0.25, 0.3) is 0 Å². The molecule has 4 nitrogen and oxygen atoms in total. The van der Waals surface area contributed by atoms with E-state index in [4.69, 9.17) is 10.6 Å². The van der Waals surface area contributed by atoms with Gasteiger partial charge in [-0.2, -0.15) is 0 Å². The van der Waals surface area contributed by atoms with Crippen LogP contribution in [0.2, 0.25) is 0 Å². The highest BCUT2D eigenvalue weighted by molar-refractivity contribution is 5.66. The Bertz CT molecular complexity index is 210. The number of ether oxygens (including phenoxy) is 1. The molecule has 114 valence electrons. The maximum absolute atomic E-state index is 11.2. The van der Waals surface area contributed by atoms with E-state index in [0.29, 0.717) is 13.2 Å². The van der Waals surface area contributed by atoms with Crippen LogP contribution in [-0.2, 0) is 4.74 Å². The summed E-state index contributed by atoms with van der Waals surface area (Å²) in [6.45, 7) is 5.00. The van der Waals surface area contributed by atoms with Crippen molar-refractivity contribution in [2.45, 2.75) is 78.1 Å². The van der Waals surface area contributed by atoms with E-state index < -0.39 is 6.09 Å². The van der Waals surface area contributed by atoms with Crippen molar-refractivity contribution in [2.24, 2.45) is 5.84 Å². The van der Waals surface area contributed by atoms with Gasteiger partial charge in [-0.3, -0.25) is 0 Å². The van der Waals surface area contributed by atoms with Gasteiger partial charge < -0.3 is 4.74 Å². The molecule has 19 heavy (non-hydrogen) atoms. The second-order valence-electron chi connectivity index (χ2n) is 5.07. The predicted molar refractivity (Wildman–Crippen MR) is 79.8 cm³/mol. The zero-order valence-corrected chi connectivity index (χ0v) is 12.8. The number of hydrogen-bond donors (Lipinski definition) is 1. The fourth-order valence-electron chi connectivity index (χ4n) is 2.07. The van der Waals surface area contributed by atoms with E-state index >= 15 is 0 Å². The van der Waals surface area contributed by atoms with Crippen molar-refractivity contribution in [3.8, 4) is 0 Å². The van der Waals surface area contributed by atoms with Gasteiger partial charge >= 0.3 is 6.09 Å². The van der Waals surface area contributed by atoms with Gasteiger partial charge in [-0.25, -0.2) is 15.6 Å². The van der Waals surface area contributed by atoms with Crippen molar-refractivity contribution < 1.29 is 9.53 Å². The third-order valence-electron chi connectivity index (χ3n) is 3.25. The molecule has 0 bridgehead atoms. The molecule has 0 saturated carbocycles. The number of unbranched alkanes of at least 4 members (excludes halogenated alkanes) is 9. The van der Waals surface area contributed by atoms with E-state index in [9.17, 15) is 4.79 Å². The molecule has 4 heteroatoms. The quantitative estimate of drug-likeness (QED) is 0.250. The average molecular weight is 272 g/mol.